The molecule has 1 aliphatic heterocycles. The first-order valence-electron chi connectivity index (χ1n) is 12.3. The average Bonchev–Trinajstić information content (AvgIpc) is 2.76. The van der Waals surface area contributed by atoms with Crippen molar-refractivity contribution in [2.45, 2.75) is 59.2 Å². The number of anilines is 2. The van der Waals surface area contributed by atoms with Gasteiger partial charge in [0.1, 0.15) is 17.0 Å². The van der Waals surface area contributed by atoms with E-state index in [4.69, 9.17) is 26.1 Å². The zero-order valence-electron chi connectivity index (χ0n) is 22.1. The van der Waals surface area contributed by atoms with Gasteiger partial charge in [0.05, 0.1) is 10.5 Å². The molecule has 1 aliphatic rings. The van der Waals surface area contributed by atoms with E-state index in [1.54, 1.807) is 4.90 Å². The van der Waals surface area contributed by atoms with Crippen LogP contribution < -0.4 is 15.5 Å². The zero-order chi connectivity index (χ0) is 26.5. The van der Waals surface area contributed by atoms with Crippen LogP contribution in [-0.4, -0.2) is 72.5 Å². The van der Waals surface area contributed by atoms with E-state index in [2.05, 4.69) is 15.5 Å². The highest BCUT2D eigenvalue weighted by molar-refractivity contribution is 6.33. The third kappa shape index (κ3) is 8.33. The number of carbonyl (C=O) groups is 2. The van der Waals surface area contributed by atoms with Crippen LogP contribution in [0.25, 0.3) is 10.9 Å². The maximum absolute atomic E-state index is 12.3. The molecule has 0 saturated carbocycles. The van der Waals surface area contributed by atoms with Gasteiger partial charge in [-0.15, -0.1) is 0 Å². The smallest absolute Gasteiger partial charge is 0.410 e. The number of alkyl carbamates (subject to hydrolysis) is 1. The van der Waals surface area contributed by atoms with E-state index >= 15 is 0 Å². The minimum Gasteiger partial charge on any atom is -0.444 e. The van der Waals surface area contributed by atoms with Gasteiger partial charge < -0.3 is 29.9 Å². The lowest BCUT2D eigenvalue weighted by molar-refractivity contribution is 0.0240. The molecule has 2 N–H and O–H groups in total. The summed E-state index contributed by atoms with van der Waals surface area (Å²) in [5.41, 5.74) is 0.788. The molecule has 3 rings (SSSR count). The molecule has 10 heteroatoms. The molecule has 1 fully saturated rings. The Hall–Kier alpha value is -2.94. The van der Waals surface area contributed by atoms with Crippen LogP contribution in [0.4, 0.5) is 21.1 Å². The summed E-state index contributed by atoms with van der Waals surface area (Å²) < 4.78 is 10.7. The number of aromatic nitrogens is 1. The Labute approximate surface area is 218 Å². The number of nitrogens with zero attached hydrogens (tertiary/aromatic N) is 3. The summed E-state index contributed by atoms with van der Waals surface area (Å²) in [7, 11) is 0. The Bertz CT molecular complexity index is 1070. The summed E-state index contributed by atoms with van der Waals surface area (Å²) in [5.74, 6) is 0.724. The molecule has 2 amide bonds. The zero-order valence-corrected chi connectivity index (χ0v) is 22.9. The van der Waals surface area contributed by atoms with Crippen LogP contribution in [0.15, 0.2) is 24.3 Å². The summed E-state index contributed by atoms with van der Waals surface area (Å²) in [6.45, 7) is 14.7. The molecule has 1 aromatic heterocycles. The molecule has 0 radical (unpaired) electrons. The highest BCUT2D eigenvalue weighted by atomic mass is 35.5. The number of piperazine rings is 1. The van der Waals surface area contributed by atoms with Crippen LogP contribution in [0.3, 0.4) is 0 Å². The molecule has 1 saturated heterocycles. The van der Waals surface area contributed by atoms with E-state index in [9.17, 15) is 9.59 Å². The van der Waals surface area contributed by atoms with Gasteiger partial charge >= 0.3 is 12.2 Å². The van der Waals surface area contributed by atoms with Crippen molar-refractivity contribution in [3.05, 3.63) is 29.3 Å². The molecule has 2 heterocycles. The first-order chi connectivity index (χ1) is 16.8. The standard InChI is InChI=1S/C26H38ClN5O4/c1-25(2,3)35-23(33)29-11-7-10-28-19-8-9-21-18(16-19)17-20(27)22(30-21)31-12-14-32(15-13-31)24(34)36-26(4,5)6/h8-9,16-17,28H,7,10-15H2,1-6H3,(H,29,33). The average molecular weight is 520 g/mol. The number of ether oxygens (including phenoxy) is 2. The van der Waals surface area contributed by atoms with E-state index in [-0.39, 0.29) is 6.09 Å². The number of rotatable bonds is 6. The fourth-order valence-corrected chi connectivity index (χ4v) is 4.00. The summed E-state index contributed by atoms with van der Waals surface area (Å²) in [6, 6.07) is 7.89. The van der Waals surface area contributed by atoms with Crippen LogP contribution in [-0.2, 0) is 9.47 Å². The fourth-order valence-electron chi connectivity index (χ4n) is 3.73. The van der Waals surface area contributed by atoms with Gasteiger partial charge in [-0.05, 0) is 72.2 Å². The number of nitrogens with one attached hydrogen (secondary N) is 2. The third-order valence-corrected chi connectivity index (χ3v) is 5.61. The Balaban J connectivity index is 1.52. The van der Waals surface area contributed by atoms with Gasteiger partial charge in [-0.25, -0.2) is 14.6 Å². The van der Waals surface area contributed by atoms with E-state index in [0.717, 1.165) is 28.8 Å². The maximum Gasteiger partial charge on any atom is 0.410 e. The molecule has 36 heavy (non-hydrogen) atoms. The van der Waals surface area contributed by atoms with Gasteiger partial charge in [0.25, 0.3) is 0 Å². The summed E-state index contributed by atoms with van der Waals surface area (Å²) in [4.78, 5) is 32.7. The van der Waals surface area contributed by atoms with Crippen molar-refractivity contribution in [1.82, 2.24) is 15.2 Å². The second-order valence-electron chi connectivity index (χ2n) is 10.9. The molecule has 9 nitrogen and oxygen atoms in total. The van der Waals surface area contributed by atoms with Crippen molar-refractivity contribution in [3.8, 4) is 0 Å². The van der Waals surface area contributed by atoms with Crippen LogP contribution in [0.5, 0.6) is 0 Å². The van der Waals surface area contributed by atoms with Crippen LogP contribution in [0, 0.1) is 0 Å². The Morgan fingerprint density at radius 1 is 0.972 bits per heavy atom. The van der Waals surface area contributed by atoms with Crippen molar-refractivity contribution in [2.75, 3.05) is 49.5 Å². The number of carbonyl (C=O) groups excluding carboxylic acids is 2. The van der Waals surface area contributed by atoms with Gasteiger partial charge in [0.2, 0.25) is 0 Å². The van der Waals surface area contributed by atoms with Gasteiger partial charge in [-0.2, -0.15) is 0 Å². The molecule has 0 aliphatic carbocycles. The van der Waals surface area contributed by atoms with E-state index in [1.807, 2.05) is 65.8 Å². The van der Waals surface area contributed by atoms with E-state index < -0.39 is 17.3 Å². The first-order valence-corrected chi connectivity index (χ1v) is 12.7. The fraction of sp³-hybridized carbons (Fsp3) is 0.577. The molecule has 0 atom stereocenters. The minimum atomic E-state index is -0.512. The summed E-state index contributed by atoms with van der Waals surface area (Å²) >= 11 is 6.61. The van der Waals surface area contributed by atoms with E-state index in [0.29, 0.717) is 44.3 Å². The highest BCUT2D eigenvalue weighted by Gasteiger charge is 2.27. The van der Waals surface area contributed by atoms with Crippen molar-refractivity contribution in [3.63, 3.8) is 0 Å². The quantitative estimate of drug-likeness (QED) is 0.502. The molecule has 1 aromatic carbocycles. The number of amides is 2. The Morgan fingerprint density at radius 2 is 1.64 bits per heavy atom. The molecule has 0 spiro atoms. The third-order valence-electron chi connectivity index (χ3n) is 5.33. The van der Waals surface area contributed by atoms with Crippen molar-refractivity contribution in [1.29, 1.82) is 0 Å². The lowest BCUT2D eigenvalue weighted by Crippen LogP contribution is -2.50. The van der Waals surface area contributed by atoms with E-state index in [1.165, 1.54) is 0 Å². The number of hydrogen-bond donors (Lipinski definition) is 2. The number of hydrogen-bond acceptors (Lipinski definition) is 7. The largest absolute Gasteiger partial charge is 0.444 e. The number of fused-ring (bicyclic) bond motifs is 1. The molecule has 198 valence electrons. The Kier molecular flexibility index (Phi) is 8.76. The molecule has 0 unspecified atom stereocenters. The maximum atomic E-state index is 12.3. The predicted octanol–water partition coefficient (Wildman–Crippen LogP) is 5.27. The summed E-state index contributed by atoms with van der Waals surface area (Å²) in [6.07, 6.45) is 0.0566. The predicted molar refractivity (Wildman–Crippen MR) is 144 cm³/mol. The second kappa shape index (κ2) is 11.4. The molecular weight excluding hydrogens is 482 g/mol. The van der Waals surface area contributed by atoms with Crippen molar-refractivity contribution in [2.24, 2.45) is 0 Å². The van der Waals surface area contributed by atoms with Gasteiger partial charge in [0.15, 0.2) is 0 Å². The lowest BCUT2D eigenvalue weighted by atomic mass is 10.2. The van der Waals surface area contributed by atoms with Gasteiger partial charge in [-0.1, -0.05) is 11.6 Å². The second-order valence-corrected chi connectivity index (χ2v) is 11.3. The first kappa shape index (κ1) is 27.6. The summed E-state index contributed by atoms with van der Waals surface area (Å²) in [5, 5.41) is 7.64. The minimum absolute atomic E-state index is 0.291. The molecular formula is C26H38ClN5O4. The van der Waals surface area contributed by atoms with Crippen LogP contribution in [0.2, 0.25) is 5.02 Å². The Morgan fingerprint density at radius 3 is 2.28 bits per heavy atom. The lowest BCUT2D eigenvalue weighted by Gasteiger charge is -2.36. The SMILES string of the molecule is CC(C)(C)OC(=O)NCCCNc1ccc2nc(N3CCN(C(=O)OC(C)(C)C)CC3)c(Cl)cc2c1. The monoisotopic (exact) mass is 519 g/mol. The number of pyridine rings is 1. The van der Waals surface area contributed by atoms with Crippen LogP contribution in [0.1, 0.15) is 48.0 Å². The molecule has 2 aromatic rings. The molecule has 0 bridgehead atoms. The normalized spacial score (nSPS) is 14.5. The number of halogens is 1. The van der Waals surface area contributed by atoms with Gasteiger partial charge in [-0.3, -0.25) is 0 Å². The number of benzene rings is 1. The van der Waals surface area contributed by atoms with Crippen LogP contribution >= 0.6 is 11.6 Å². The van der Waals surface area contributed by atoms with Crippen molar-refractivity contribution >= 4 is 46.2 Å². The van der Waals surface area contributed by atoms with Crippen molar-refractivity contribution < 1.29 is 19.1 Å². The highest BCUT2D eigenvalue weighted by Crippen LogP contribution is 2.30. The topological polar surface area (TPSA) is 96.0 Å². The van der Waals surface area contributed by atoms with Gasteiger partial charge in [0, 0.05) is 50.3 Å².